The number of hydrogen-bond donors (Lipinski definition) is 1. The zero-order valence-corrected chi connectivity index (χ0v) is 11.3. The molecule has 1 aromatic carbocycles. The van der Waals surface area contributed by atoms with E-state index in [0.717, 1.165) is 0 Å². The summed E-state index contributed by atoms with van der Waals surface area (Å²) in [6.45, 7) is 1.28. The van der Waals surface area contributed by atoms with Gasteiger partial charge in [0.25, 0.3) is 0 Å². The lowest BCUT2D eigenvalue weighted by atomic mass is 10.2. The summed E-state index contributed by atoms with van der Waals surface area (Å²) in [6.07, 6.45) is 1.37. The molecule has 18 heavy (non-hydrogen) atoms. The monoisotopic (exact) mass is 287 g/mol. The molecule has 0 unspecified atom stereocenters. The highest BCUT2D eigenvalue weighted by molar-refractivity contribution is 6.37. The van der Waals surface area contributed by atoms with Gasteiger partial charge in [-0.3, -0.25) is 4.79 Å². The second kappa shape index (κ2) is 6.42. The number of halogens is 2. The summed E-state index contributed by atoms with van der Waals surface area (Å²) in [4.78, 5) is 22.5. The predicted molar refractivity (Wildman–Crippen MR) is 70.3 cm³/mol. The smallest absolute Gasteiger partial charge is 0.354 e. The van der Waals surface area contributed by atoms with Crippen molar-refractivity contribution in [2.75, 3.05) is 7.11 Å². The van der Waals surface area contributed by atoms with Crippen LogP contribution < -0.4 is 5.32 Å². The van der Waals surface area contributed by atoms with E-state index in [9.17, 15) is 9.59 Å². The van der Waals surface area contributed by atoms with Gasteiger partial charge >= 0.3 is 5.97 Å². The third-order valence-corrected chi connectivity index (χ3v) is 2.66. The maximum Gasteiger partial charge on any atom is 0.354 e. The second-order valence-corrected chi connectivity index (χ2v) is 4.18. The molecule has 0 bridgehead atoms. The number of methoxy groups -OCH3 is 1. The molecule has 1 amide bonds. The number of nitrogens with one attached hydrogen (secondary N) is 1. The van der Waals surface area contributed by atoms with Crippen LogP contribution in [0.5, 0.6) is 0 Å². The highest BCUT2D eigenvalue weighted by atomic mass is 35.5. The molecule has 0 saturated carbocycles. The van der Waals surface area contributed by atoms with Gasteiger partial charge in [0.1, 0.15) is 5.70 Å². The van der Waals surface area contributed by atoms with Crippen LogP contribution in [0.1, 0.15) is 12.5 Å². The molecule has 1 aromatic rings. The van der Waals surface area contributed by atoms with E-state index in [-0.39, 0.29) is 5.70 Å². The molecule has 6 heteroatoms. The van der Waals surface area contributed by atoms with E-state index in [1.54, 1.807) is 18.2 Å². The van der Waals surface area contributed by atoms with Gasteiger partial charge < -0.3 is 10.1 Å². The number of esters is 1. The molecular formula is C12H11Cl2NO3. The summed E-state index contributed by atoms with van der Waals surface area (Å²) >= 11 is 11.9. The fraction of sp³-hybridized carbons (Fsp3) is 0.167. The molecule has 0 fully saturated rings. The largest absolute Gasteiger partial charge is 0.464 e. The van der Waals surface area contributed by atoms with Crippen LogP contribution >= 0.6 is 23.2 Å². The molecule has 0 radical (unpaired) electrons. The Morgan fingerprint density at radius 3 is 2.28 bits per heavy atom. The number of benzene rings is 1. The fourth-order valence-electron chi connectivity index (χ4n) is 1.24. The average molecular weight is 288 g/mol. The van der Waals surface area contributed by atoms with Crippen LogP contribution in [0.25, 0.3) is 6.08 Å². The summed E-state index contributed by atoms with van der Waals surface area (Å²) in [5.41, 5.74) is 0.412. The predicted octanol–water partition coefficient (Wildman–Crippen LogP) is 2.64. The Labute approximate surface area is 115 Å². The number of carbonyl (C=O) groups is 2. The number of carbonyl (C=O) groups excluding carboxylic acids is 2. The van der Waals surface area contributed by atoms with Gasteiger partial charge in [0.05, 0.1) is 7.11 Å². The molecule has 4 nitrogen and oxygen atoms in total. The number of amides is 1. The molecule has 1 rings (SSSR count). The Bertz CT molecular complexity index is 492. The standard InChI is InChI=1S/C12H11Cl2NO3/c1-7(16)15-11(12(17)18-2)6-8-9(13)4-3-5-10(8)14/h3-6H,1-2H3,(H,15,16)/b11-6-. The van der Waals surface area contributed by atoms with Gasteiger partial charge in [0.15, 0.2) is 0 Å². The molecule has 1 N–H and O–H groups in total. The van der Waals surface area contributed by atoms with Crippen LogP contribution in [0.3, 0.4) is 0 Å². The minimum atomic E-state index is -0.679. The van der Waals surface area contributed by atoms with Gasteiger partial charge in [-0.2, -0.15) is 0 Å². The lowest BCUT2D eigenvalue weighted by molar-refractivity contribution is -0.137. The van der Waals surface area contributed by atoms with Gasteiger partial charge in [-0.15, -0.1) is 0 Å². The maximum absolute atomic E-state index is 11.5. The van der Waals surface area contributed by atoms with E-state index in [1.807, 2.05) is 0 Å². The van der Waals surface area contributed by atoms with Gasteiger partial charge in [-0.25, -0.2) is 4.79 Å². The van der Waals surface area contributed by atoms with Crippen molar-refractivity contribution in [3.05, 3.63) is 39.5 Å². The van der Waals surface area contributed by atoms with Crippen molar-refractivity contribution in [1.82, 2.24) is 5.32 Å². The summed E-state index contributed by atoms with van der Waals surface area (Å²) in [6, 6.07) is 4.93. The SMILES string of the molecule is COC(=O)/C(=C/c1c(Cl)cccc1Cl)NC(C)=O. The highest BCUT2D eigenvalue weighted by Gasteiger charge is 2.13. The van der Waals surface area contributed by atoms with E-state index in [0.29, 0.717) is 15.6 Å². The first kappa shape index (κ1) is 14.5. The van der Waals surface area contributed by atoms with E-state index in [2.05, 4.69) is 10.1 Å². The first-order valence-corrected chi connectivity index (χ1v) is 5.73. The number of hydrogen-bond acceptors (Lipinski definition) is 3. The average Bonchev–Trinajstić information content (AvgIpc) is 2.31. The van der Waals surface area contributed by atoms with Crippen molar-refractivity contribution in [3.8, 4) is 0 Å². The molecule has 0 atom stereocenters. The molecule has 0 aromatic heterocycles. The van der Waals surface area contributed by atoms with Gasteiger partial charge in [0, 0.05) is 22.5 Å². The van der Waals surface area contributed by atoms with Crippen molar-refractivity contribution >= 4 is 41.2 Å². The summed E-state index contributed by atoms with van der Waals surface area (Å²) < 4.78 is 4.56. The third-order valence-electron chi connectivity index (χ3n) is 2.00. The van der Waals surface area contributed by atoms with Gasteiger partial charge in [-0.1, -0.05) is 29.3 Å². The van der Waals surface area contributed by atoms with Crippen LogP contribution in [-0.4, -0.2) is 19.0 Å². The zero-order chi connectivity index (χ0) is 13.7. The first-order chi connectivity index (χ1) is 8.45. The Kier molecular flexibility index (Phi) is 5.19. The molecule has 0 spiro atoms. The summed E-state index contributed by atoms with van der Waals surface area (Å²) in [7, 11) is 1.21. The third kappa shape index (κ3) is 3.75. The molecule has 0 aliphatic carbocycles. The van der Waals surface area contributed by atoms with Crippen molar-refractivity contribution in [2.24, 2.45) is 0 Å². The van der Waals surface area contributed by atoms with Crippen molar-refractivity contribution in [1.29, 1.82) is 0 Å². The number of rotatable bonds is 3. The Hall–Kier alpha value is -1.52. The second-order valence-electron chi connectivity index (χ2n) is 3.37. The van der Waals surface area contributed by atoms with Crippen LogP contribution in [-0.2, 0) is 14.3 Å². The molecule has 0 aliphatic heterocycles. The summed E-state index contributed by atoms with van der Waals surface area (Å²) in [5, 5.41) is 3.10. The van der Waals surface area contributed by atoms with Crippen LogP contribution in [0.2, 0.25) is 10.0 Å². The highest BCUT2D eigenvalue weighted by Crippen LogP contribution is 2.26. The Morgan fingerprint density at radius 2 is 1.83 bits per heavy atom. The minimum absolute atomic E-state index is 0.0278. The van der Waals surface area contributed by atoms with Crippen molar-refractivity contribution < 1.29 is 14.3 Å². The van der Waals surface area contributed by atoms with Gasteiger partial charge in [0.2, 0.25) is 5.91 Å². The van der Waals surface area contributed by atoms with Crippen LogP contribution in [0, 0.1) is 0 Å². The van der Waals surface area contributed by atoms with Crippen LogP contribution in [0.15, 0.2) is 23.9 Å². The minimum Gasteiger partial charge on any atom is -0.464 e. The summed E-state index contributed by atoms with van der Waals surface area (Å²) in [5.74, 6) is -1.07. The Balaban J connectivity index is 3.23. The zero-order valence-electron chi connectivity index (χ0n) is 9.79. The molecule has 0 aliphatic rings. The Morgan fingerprint density at radius 1 is 1.28 bits per heavy atom. The van der Waals surface area contributed by atoms with E-state index < -0.39 is 11.9 Å². The normalized spacial score (nSPS) is 11.0. The first-order valence-electron chi connectivity index (χ1n) is 4.97. The number of ether oxygens (including phenoxy) is 1. The molecule has 0 saturated heterocycles. The lowest BCUT2D eigenvalue weighted by Crippen LogP contribution is -2.25. The van der Waals surface area contributed by atoms with Crippen molar-refractivity contribution in [3.63, 3.8) is 0 Å². The van der Waals surface area contributed by atoms with Crippen LogP contribution in [0.4, 0.5) is 0 Å². The maximum atomic E-state index is 11.5. The topological polar surface area (TPSA) is 55.4 Å². The lowest BCUT2D eigenvalue weighted by Gasteiger charge is -2.07. The van der Waals surface area contributed by atoms with Gasteiger partial charge in [-0.05, 0) is 18.2 Å². The van der Waals surface area contributed by atoms with Crippen molar-refractivity contribution in [2.45, 2.75) is 6.92 Å². The van der Waals surface area contributed by atoms with E-state index in [1.165, 1.54) is 20.1 Å². The van der Waals surface area contributed by atoms with E-state index >= 15 is 0 Å². The fourth-order valence-corrected chi connectivity index (χ4v) is 1.75. The molecule has 96 valence electrons. The molecule has 0 heterocycles. The quantitative estimate of drug-likeness (QED) is 0.687. The van der Waals surface area contributed by atoms with E-state index in [4.69, 9.17) is 23.2 Å². The molecular weight excluding hydrogens is 277 g/mol.